The smallest absolute Gasteiger partial charge is 0.0853 e. The molecule has 0 aromatic carbocycles. The number of hydrogen-bond donors (Lipinski definition) is 1. The molecule has 3 heteroatoms. The summed E-state index contributed by atoms with van der Waals surface area (Å²) in [5, 5.41) is 0. The highest BCUT2D eigenvalue weighted by molar-refractivity contribution is 4.80. The van der Waals surface area contributed by atoms with Gasteiger partial charge in [0, 0.05) is 19.1 Å². The maximum absolute atomic E-state index is 6.34. The second kappa shape index (κ2) is 12.4. The highest BCUT2D eigenvalue weighted by atomic mass is 16.5. The third-order valence-corrected chi connectivity index (χ3v) is 4.59. The molecule has 2 unspecified atom stereocenters. The van der Waals surface area contributed by atoms with Crippen molar-refractivity contribution in [1.29, 1.82) is 0 Å². The highest BCUT2D eigenvalue weighted by Gasteiger charge is 2.24. The van der Waals surface area contributed by atoms with E-state index in [1.807, 2.05) is 0 Å². The van der Waals surface area contributed by atoms with Crippen LogP contribution in [0.15, 0.2) is 0 Å². The summed E-state index contributed by atoms with van der Waals surface area (Å²) in [6, 6.07) is 0.227. The minimum absolute atomic E-state index is 0.227. The van der Waals surface area contributed by atoms with Crippen molar-refractivity contribution in [2.45, 2.75) is 90.2 Å². The van der Waals surface area contributed by atoms with Crippen LogP contribution in [0.1, 0.15) is 78.1 Å². The highest BCUT2D eigenvalue weighted by Crippen LogP contribution is 2.14. The van der Waals surface area contributed by atoms with Crippen molar-refractivity contribution in [1.82, 2.24) is 4.90 Å². The van der Waals surface area contributed by atoms with Crippen LogP contribution in [0.5, 0.6) is 0 Å². The largest absolute Gasteiger partial charge is 0.374 e. The molecule has 0 radical (unpaired) electrons. The molecule has 0 spiro atoms. The van der Waals surface area contributed by atoms with E-state index < -0.39 is 0 Å². The van der Waals surface area contributed by atoms with Gasteiger partial charge in [0.1, 0.15) is 0 Å². The lowest BCUT2D eigenvalue weighted by atomic mass is 10.0. The molecule has 2 atom stereocenters. The van der Waals surface area contributed by atoms with Crippen molar-refractivity contribution in [2.75, 3.05) is 26.2 Å². The number of unbranched alkanes of at least 4 members (excludes halogenated alkanes) is 7. The van der Waals surface area contributed by atoms with Crippen molar-refractivity contribution in [2.24, 2.45) is 5.73 Å². The molecule has 1 heterocycles. The van der Waals surface area contributed by atoms with Gasteiger partial charge in [-0.1, -0.05) is 65.2 Å². The summed E-state index contributed by atoms with van der Waals surface area (Å²) in [4.78, 5) is 2.50. The van der Waals surface area contributed by atoms with E-state index in [-0.39, 0.29) is 12.1 Å². The second-order valence-corrected chi connectivity index (χ2v) is 6.64. The quantitative estimate of drug-likeness (QED) is 0.554. The molecule has 3 nitrogen and oxygen atoms in total. The summed E-state index contributed by atoms with van der Waals surface area (Å²) in [6.07, 6.45) is 13.6. The average Bonchev–Trinajstić information content (AvgIpc) is 2.50. The van der Waals surface area contributed by atoms with Gasteiger partial charge < -0.3 is 10.5 Å². The normalized spacial score (nSPS) is 21.6. The van der Waals surface area contributed by atoms with E-state index in [2.05, 4.69) is 18.7 Å². The first kappa shape index (κ1) is 18.9. The maximum atomic E-state index is 6.34. The Bertz CT molecular complexity index is 233. The molecule has 1 saturated heterocycles. The molecule has 126 valence electrons. The molecule has 0 saturated carbocycles. The molecule has 1 aliphatic rings. The lowest BCUT2D eigenvalue weighted by Gasteiger charge is -2.35. The van der Waals surface area contributed by atoms with Gasteiger partial charge in [-0.15, -0.1) is 0 Å². The molecule has 0 aromatic rings. The summed E-state index contributed by atoms with van der Waals surface area (Å²) in [6.45, 7) is 8.67. The fourth-order valence-electron chi connectivity index (χ4n) is 3.21. The summed E-state index contributed by atoms with van der Waals surface area (Å²) in [5.41, 5.74) is 6.34. The Labute approximate surface area is 132 Å². The molecular formula is C18H38N2O. The Morgan fingerprint density at radius 3 is 2.33 bits per heavy atom. The summed E-state index contributed by atoms with van der Waals surface area (Å²) in [7, 11) is 0. The number of morpholine rings is 1. The molecule has 1 rings (SSSR count). The SMILES string of the molecule is CCCCCCCCCCC(N)C1CN(CCC)CCO1. The number of ether oxygens (including phenoxy) is 1. The number of nitrogens with zero attached hydrogens (tertiary/aromatic N) is 1. The zero-order chi connectivity index (χ0) is 15.3. The molecule has 1 aliphatic heterocycles. The Kier molecular flexibility index (Phi) is 11.2. The van der Waals surface area contributed by atoms with E-state index in [1.54, 1.807) is 0 Å². The minimum atomic E-state index is 0.227. The van der Waals surface area contributed by atoms with Gasteiger partial charge in [-0.3, -0.25) is 4.90 Å². The first-order valence-electron chi connectivity index (χ1n) is 9.37. The van der Waals surface area contributed by atoms with E-state index in [4.69, 9.17) is 10.5 Å². The van der Waals surface area contributed by atoms with Gasteiger partial charge in [-0.25, -0.2) is 0 Å². The van der Waals surface area contributed by atoms with Crippen LogP contribution in [-0.4, -0.2) is 43.3 Å². The fraction of sp³-hybridized carbons (Fsp3) is 1.00. The van der Waals surface area contributed by atoms with Crippen LogP contribution in [0, 0.1) is 0 Å². The fourth-order valence-corrected chi connectivity index (χ4v) is 3.21. The van der Waals surface area contributed by atoms with Crippen LogP contribution >= 0.6 is 0 Å². The average molecular weight is 299 g/mol. The zero-order valence-corrected chi connectivity index (χ0v) is 14.5. The Morgan fingerprint density at radius 2 is 1.67 bits per heavy atom. The first-order chi connectivity index (χ1) is 10.3. The molecule has 21 heavy (non-hydrogen) atoms. The molecule has 2 N–H and O–H groups in total. The second-order valence-electron chi connectivity index (χ2n) is 6.64. The minimum Gasteiger partial charge on any atom is -0.374 e. The molecule has 1 fully saturated rings. The first-order valence-corrected chi connectivity index (χ1v) is 9.37. The molecular weight excluding hydrogens is 260 g/mol. The van der Waals surface area contributed by atoms with Crippen molar-refractivity contribution in [3.05, 3.63) is 0 Å². The van der Waals surface area contributed by atoms with Gasteiger partial charge in [0.25, 0.3) is 0 Å². The predicted molar refractivity (Wildman–Crippen MR) is 91.7 cm³/mol. The summed E-state index contributed by atoms with van der Waals surface area (Å²) in [5.74, 6) is 0. The zero-order valence-electron chi connectivity index (χ0n) is 14.5. The van der Waals surface area contributed by atoms with Crippen LogP contribution in [-0.2, 0) is 4.74 Å². The topological polar surface area (TPSA) is 38.5 Å². The summed E-state index contributed by atoms with van der Waals surface area (Å²) >= 11 is 0. The van der Waals surface area contributed by atoms with Gasteiger partial charge >= 0.3 is 0 Å². The van der Waals surface area contributed by atoms with E-state index in [9.17, 15) is 0 Å². The summed E-state index contributed by atoms with van der Waals surface area (Å²) < 4.78 is 5.87. The van der Waals surface area contributed by atoms with Gasteiger partial charge in [0.15, 0.2) is 0 Å². The number of nitrogens with two attached hydrogens (primary N) is 1. The standard InChI is InChI=1S/C18H38N2O/c1-3-5-6-7-8-9-10-11-12-17(19)18-16-20(13-4-2)14-15-21-18/h17-18H,3-16,19H2,1-2H3. The maximum Gasteiger partial charge on any atom is 0.0853 e. The van der Waals surface area contributed by atoms with Crippen LogP contribution in [0.3, 0.4) is 0 Å². The van der Waals surface area contributed by atoms with Crippen LogP contribution in [0.25, 0.3) is 0 Å². The van der Waals surface area contributed by atoms with Crippen molar-refractivity contribution in [3.63, 3.8) is 0 Å². The van der Waals surface area contributed by atoms with Crippen molar-refractivity contribution < 1.29 is 4.74 Å². The lowest BCUT2D eigenvalue weighted by Crippen LogP contribution is -2.50. The molecule has 0 bridgehead atoms. The van der Waals surface area contributed by atoms with Crippen LogP contribution in [0.2, 0.25) is 0 Å². The Hall–Kier alpha value is -0.120. The van der Waals surface area contributed by atoms with E-state index >= 15 is 0 Å². The van der Waals surface area contributed by atoms with Gasteiger partial charge in [-0.05, 0) is 19.4 Å². The third kappa shape index (κ3) is 8.80. The lowest BCUT2D eigenvalue weighted by molar-refractivity contribution is -0.0416. The van der Waals surface area contributed by atoms with Gasteiger partial charge in [0.05, 0.1) is 12.7 Å². The van der Waals surface area contributed by atoms with Gasteiger partial charge in [-0.2, -0.15) is 0 Å². The number of rotatable bonds is 12. The van der Waals surface area contributed by atoms with E-state index in [0.29, 0.717) is 0 Å². The van der Waals surface area contributed by atoms with E-state index in [0.717, 1.165) is 26.1 Å². The van der Waals surface area contributed by atoms with Crippen LogP contribution < -0.4 is 5.73 Å². The molecule has 0 amide bonds. The van der Waals surface area contributed by atoms with Crippen molar-refractivity contribution >= 4 is 0 Å². The third-order valence-electron chi connectivity index (χ3n) is 4.59. The number of hydrogen-bond acceptors (Lipinski definition) is 3. The predicted octanol–water partition coefficient (Wildman–Crippen LogP) is 3.96. The van der Waals surface area contributed by atoms with Crippen LogP contribution in [0.4, 0.5) is 0 Å². The Morgan fingerprint density at radius 1 is 1.00 bits per heavy atom. The molecule has 0 aliphatic carbocycles. The van der Waals surface area contributed by atoms with E-state index in [1.165, 1.54) is 64.3 Å². The Balaban J connectivity index is 2.01. The monoisotopic (exact) mass is 298 g/mol. The van der Waals surface area contributed by atoms with Crippen molar-refractivity contribution in [3.8, 4) is 0 Å². The van der Waals surface area contributed by atoms with Gasteiger partial charge in [0.2, 0.25) is 0 Å². The molecule has 0 aromatic heterocycles.